The molecule has 5 rings (SSSR count). The maximum absolute atomic E-state index is 12.7. The van der Waals surface area contributed by atoms with Gasteiger partial charge in [-0.25, -0.2) is 0 Å². The van der Waals surface area contributed by atoms with Crippen LogP contribution in [0.2, 0.25) is 0 Å². The zero-order chi connectivity index (χ0) is 23.5. The van der Waals surface area contributed by atoms with E-state index in [4.69, 9.17) is 23.7 Å². The number of Topliss-reactive ketones (excluding diaryl/α,β-unsaturated/α-hetero) is 1. The highest BCUT2D eigenvalue weighted by atomic mass is 16.6. The fraction of sp³-hybridized carbons (Fsp3) is 0.154. The molecule has 8 nitrogen and oxygen atoms in total. The Morgan fingerprint density at radius 3 is 2.50 bits per heavy atom. The van der Waals surface area contributed by atoms with E-state index < -0.39 is 0 Å². The molecule has 1 N–H and O–H groups in total. The Kier molecular flexibility index (Phi) is 5.78. The molecule has 8 heteroatoms. The number of amides is 1. The van der Waals surface area contributed by atoms with Crippen LogP contribution in [0.5, 0.6) is 28.7 Å². The van der Waals surface area contributed by atoms with Gasteiger partial charge >= 0.3 is 0 Å². The number of nitrogens with one attached hydrogen (secondary N) is 1. The van der Waals surface area contributed by atoms with Crippen LogP contribution >= 0.6 is 0 Å². The van der Waals surface area contributed by atoms with Crippen molar-refractivity contribution in [1.82, 2.24) is 0 Å². The topological polar surface area (TPSA) is 92.3 Å². The third kappa shape index (κ3) is 4.52. The Bertz CT molecular complexity index is 1280. The number of carbonyl (C=O) groups is 2. The second-order valence-electron chi connectivity index (χ2n) is 7.57. The van der Waals surface area contributed by atoms with Crippen molar-refractivity contribution in [3.63, 3.8) is 0 Å². The number of carbonyl (C=O) groups excluding carboxylic acids is 2. The molecule has 0 spiro atoms. The smallest absolute Gasteiger partial charge is 0.262 e. The number of anilines is 1. The van der Waals surface area contributed by atoms with Crippen molar-refractivity contribution in [1.29, 1.82) is 0 Å². The van der Waals surface area contributed by atoms with Crippen LogP contribution in [0.4, 0.5) is 5.69 Å². The van der Waals surface area contributed by atoms with Gasteiger partial charge in [-0.1, -0.05) is 12.1 Å². The molecule has 0 atom stereocenters. The van der Waals surface area contributed by atoms with Crippen molar-refractivity contribution in [3.8, 4) is 28.7 Å². The van der Waals surface area contributed by atoms with Gasteiger partial charge in [0, 0.05) is 17.8 Å². The van der Waals surface area contributed by atoms with Crippen LogP contribution in [-0.2, 0) is 4.79 Å². The van der Waals surface area contributed by atoms with E-state index in [1.54, 1.807) is 61.7 Å². The van der Waals surface area contributed by atoms with Crippen LogP contribution in [0, 0.1) is 0 Å². The maximum atomic E-state index is 12.7. The molecule has 1 amide bonds. The molecule has 0 bridgehead atoms. The van der Waals surface area contributed by atoms with Gasteiger partial charge in [0.1, 0.15) is 30.5 Å². The molecular weight excluding hydrogens is 438 g/mol. The van der Waals surface area contributed by atoms with Gasteiger partial charge in [0.2, 0.25) is 5.78 Å². The van der Waals surface area contributed by atoms with Gasteiger partial charge in [-0.3, -0.25) is 9.59 Å². The summed E-state index contributed by atoms with van der Waals surface area (Å²) in [4.78, 5) is 25.0. The molecule has 0 saturated heterocycles. The lowest BCUT2D eigenvalue weighted by Crippen LogP contribution is -2.20. The van der Waals surface area contributed by atoms with E-state index >= 15 is 0 Å². The Balaban J connectivity index is 1.21. The molecule has 0 aliphatic carbocycles. The van der Waals surface area contributed by atoms with Crippen molar-refractivity contribution in [2.24, 2.45) is 0 Å². The molecule has 3 aromatic carbocycles. The van der Waals surface area contributed by atoms with Crippen LogP contribution < -0.4 is 29.0 Å². The van der Waals surface area contributed by atoms with E-state index in [2.05, 4.69) is 5.32 Å². The number of benzene rings is 3. The van der Waals surface area contributed by atoms with E-state index in [0.717, 1.165) is 11.3 Å². The van der Waals surface area contributed by atoms with Crippen molar-refractivity contribution in [2.45, 2.75) is 0 Å². The third-order valence-corrected chi connectivity index (χ3v) is 5.25. The zero-order valence-electron chi connectivity index (χ0n) is 18.3. The average molecular weight is 459 g/mol. The molecule has 0 unspecified atom stereocenters. The lowest BCUT2D eigenvalue weighted by molar-refractivity contribution is -0.118. The summed E-state index contributed by atoms with van der Waals surface area (Å²) in [6, 6.07) is 17.3. The van der Waals surface area contributed by atoms with Crippen LogP contribution in [0.1, 0.15) is 15.9 Å². The molecule has 172 valence electrons. The van der Waals surface area contributed by atoms with E-state index in [0.29, 0.717) is 47.5 Å². The Hall–Kier alpha value is -4.46. The van der Waals surface area contributed by atoms with Crippen molar-refractivity contribution in [3.05, 3.63) is 77.5 Å². The highest BCUT2D eigenvalue weighted by molar-refractivity contribution is 6.14. The number of rotatable bonds is 6. The summed E-state index contributed by atoms with van der Waals surface area (Å²) in [5, 5.41) is 2.76. The summed E-state index contributed by atoms with van der Waals surface area (Å²) < 4.78 is 27.5. The molecule has 2 aliphatic heterocycles. The number of fused-ring (bicyclic) bond motifs is 2. The van der Waals surface area contributed by atoms with Gasteiger partial charge in [0.15, 0.2) is 23.9 Å². The summed E-state index contributed by atoms with van der Waals surface area (Å²) in [7, 11) is 1.59. The van der Waals surface area contributed by atoms with Crippen molar-refractivity contribution < 1.29 is 33.3 Å². The summed E-state index contributed by atoms with van der Waals surface area (Å²) in [6.45, 7) is 0.754. The van der Waals surface area contributed by atoms with Gasteiger partial charge in [0.25, 0.3) is 5.91 Å². The van der Waals surface area contributed by atoms with Gasteiger partial charge in [-0.15, -0.1) is 0 Å². The molecule has 0 fully saturated rings. The lowest BCUT2D eigenvalue weighted by atomic mass is 10.1. The first-order valence-electron chi connectivity index (χ1n) is 10.6. The fourth-order valence-electron chi connectivity index (χ4n) is 3.58. The highest BCUT2D eigenvalue weighted by Gasteiger charge is 2.27. The van der Waals surface area contributed by atoms with Crippen LogP contribution in [0.25, 0.3) is 6.08 Å². The predicted molar refractivity (Wildman–Crippen MR) is 124 cm³/mol. The maximum Gasteiger partial charge on any atom is 0.262 e. The minimum absolute atomic E-state index is 0.213. The molecule has 0 radical (unpaired) electrons. The van der Waals surface area contributed by atoms with E-state index in [9.17, 15) is 9.59 Å². The Morgan fingerprint density at radius 2 is 1.71 bits per heavy atom. The monoisotopic (exact) mass is 459 g/mol. The summed E-state index contributed by atoms with van der Waals surface area (Å²) in [5.41, 5.74) is 1.83. The number of methoxy groups -OCH3 is 1. The van der Waals surface area contributed by atoms with Crippen LogP contribution in [0.15, 0.2) is 66.4 Å². The Labute approximate surface area is 195 Å². The number of allylic oxidation sites excluding steroid dienone is 1. The number of hydrogen-bond donors (Lipinski definition) is 1. The third-order valence-electron chi connectivity index (χ3n) is 5.25. The Morgan fingerprint density at radius 1 is 0.941 bits per heavy atom. The SMILES string of the molecule is COc1ccc(C=C2Oc3cc(OCC(=O)Nc4ccc5c(c4)OCCO5)ccc3C2=O)cc1. The minimum Gasteiger partial charge on any atom is -0.497 e. The summed E-state index contributed by atoms with van der Waals surface area (Å²) in [5.74, 6) is 2.42. The fourth-order valence-corrected chi connectivity index (χ4v) is 3.58. The minimum atomic E-state index is -0.339. The molecule has 0 saturated carbocycles. The summed E-state index contributed by atoms with van der Waals surface area (Å²) >= 11 is 0. The molecule has 34 heavy (non-hydrogen) atoms. The van der Waals surface area contributed by atoms with Crippen LogP contribution in [-0.4, -0.2) is 38.6 Å². The zero-order valence-corrected chi connectivity index (χ0v) is 18.3. The standard InChI is InChI=1S/C26H21NO7/c1-30-18-5-2-16(3-6-18)12-24-26(29)20-8-7-19(14-22(20)34-24)33-15-25(28)27-17-4-9-21-23(13-17)32-11-10-31-21/h2-9,12-14H,10-11,15H2,1H3,(H,27,28). The molecular formula is C26H21NO7. The van der Waals surface area contributed by atoms with E-state index in [-0.39, 0.29) is 24.1 Å². The second kappa shape index (κ2) is 9.19. The largest absolute Gasteiger partial charge is 0.497 e. The van der Waals surface area contributed by atoms with Crippen LogP contribution in [0.3, 0.4) is 0 Å². The molecule has 0 aromatic heterocycles. The first-order chi connectivity index (χ1) is 16.6. The summed E-state index contributed by atoms with van der Waals surface area (Å²) in [6.07, 6.45) is 1.67. The van der Waals surface area contributed by atoms with E-state index in [1.807, 2.05) is 12.1 Å². The average Bonchev–Trinajstić information content (AvgIpc) is 3.17. The lowest BCUT2D eigenvalue weighted by Gasteiger charge is -2.19. The second-order valence-corrected chi connectivity index (χ2v) is 7.57. The molecule has 2 aliphatic rings. The highest BCUT2D eigenvalue weighted by Crippen LogP contribution is 2.35. The van der Waals surface area contributed by atoms with Gasteiger partial charge in [-0.2, -0.15) is 0 Å². The predicted octanol–water partition coefficient (Wildman–Crippen LogP) is 4.10. The van der Waals surface area contributed by atoms with Crippen molar-refractivity contribution in [2.75, 3.05) is 32.2 Å². The van der Waals surface area contributed by atoms with Gasteiger partial charge in [0.05, 0.1) is 12.7 Å². The van der Waals surface area contributed by atoms with Gasteiger partial charge in [-0.05, 0) is 48.0 Å². The molecule has 2 heterocycles. The first kappa shape index (κ1) is 21.4. The number of ketones is 1. The number of ether oxygens (including phenoxy) is 5. The number of hydrogen-bond acceptors (Lipinski definition) is 7. The van der Waals surface area contributed by atoms with Gasteiger partial charge < -0.3 is 29.0 Å². The first-order valence-corrected chi connectivity index (χ1v) is 10.6. The quantitative estimate of drug-likeness (QED) is 0.555. The van der Waals surface area contributed by atoms with Crippen molar-refractivity contribution >= 4 is 23.5 Å². The van der Waals surface area contributed by atoms with E-state index in [1.165, 1.54) is 0 Å². The normalized spacial score (nSPS) is 14.9. The molecule has 3 aromatic rings.